The average molecular weight is 218 g/mol. The fourth-order valence-corrected chi connectivity index (χ4v) is 1.97. The summed E-state index contributed by atoms with van der Waals surface area (Å²) in [5.41, 5.74) is 2.58. The fourth-order valence-electron chi connectivity index (χ4n) is 1.97. The van der Waals surface area contributed by atoms with Crippen molar-refractivity contribution in [2.24, 2.45) is 0 Å². The molecule has 0 saturated heterocycles. The Labute approximate surface area is 96.0 Å². The Morgan fingerprint density at radius 1 is 1.31 bits per heavy atom. The van der Waals surface area contributed by atoms with Crippen LogP contribution in [0, 0.1) is 0 Å². The highest BCUT2D eigenvalue weighted by molar-refractivity contribution is 5.83. The lowest BCUT2D eigenvalue weighted by Crippen LogP contribution is -2.08. The maximum Gasteiger partial charge on any atom is 0.122 e. The van der Waals surface area contributed by atoms with Crippen molar-refractivity contribution in [2.75, 3.05) is 13.7 Å². The van der Waals surface area contributed by atoms with E-state index in [0.29, 0.717) is 6.73 Å². The highest BCUT2D eigenvalue weighted by Crippen LogP contribution is 2.20. The molecular weight excluding hydrogens is 200 g/mol. The summed E-state index contributed by atoms with van der Waals surface area (Å²) < 4.78 is 7.62. The number of para-hydroxylation sites is 1. The molecule has 2 aromatic rings. The number of benzene rings is 1. The third-order valence-corrected chi connectivity index (χ3v) is 2.67. The minimum Gasteiger partial charge on any atom is -0.361 e. The van der Waals surface area contributed by atoms with Gasteiger partial charge in [0.15, 0.2) is 0 Å². The van der Waals surface area contributed by atoms with Crippen LogP contribution in [0.1, 0.15) is 12.5 Å². The molecule has 3 nitrogen and oxygen atoms in total. The van der Waals surface area contributed by atoms with Crippen LogP contribution in [-0.2, 0) is 18.0 Å². The largest absolute Gasteiger partial charge is 0.361 e. The van der Waals surface area contributed by atoms with Crippen LogP contribution in [0.4, 0.5) is 0 Å². The van der Waals surface area contributed by atoms with Gasteiger partial charge in [-0.2, -0.15) is 0 Å². The van der Waals surface area contributed by atoms with Crippen LogP contribution in [0.25, 0.3) is 10.9 Å². The van der Waals surface area contributed by atoms with E-state index in [9.17, 15) is 0 Å². The van der Waals surface area contributed by atoms with Crippen molar-refractivity contribution < 1.29 is 4.74 Å². The van der Waals surface area contributed by atoms with Gasteiger partial charge in [-0.05, 0) is 31.0 Å². The first-order chi connectivity index (χ1) is 7.86. The van der Waals surface area contributed by atoms with Crippen LogP contribution in [0.15, 0.2) is 30.5 Å². The molecule has 0 aliphatic heterocycles. The molecule has 0 aliphatic rings. The number of hydrogen-bond acceptors (Lipinski definition) is 2. The Balaban J connectivity index is 2.41. The normalized spacial score (nSPS) is 11.1. The van der Waals surface area contributed by atoms with E-state index >= 15 is 0 Å². The summed E-state index contributed by atoms with van der Waals surface area (Å²) in [5.74, 6) is 0. The number of fused-ring (bicyclic) bond motifs is 1. The summed E-state index contributed by atoms with van der Waals surface area (Å²) in [7, 11) is 1.97. The van der Waals surface area contributed by atoms with E-state index in [2.05, 4.69) is 40.3 Å². The lowest BCUT2D eigenvalue weighted by molar-refractivity contribution is 0.0908. The van der Waals surface area contributed by atoms with Gasteiger partial charge in [-0.15, -0.1) is 0 Å². The average Bonchev–Trinajstić information content (AvgIpc) is 2.71. The highest BCUT2D eigenvalue weighted by atomic mass is 16.5. The van der Waals surface area contributed by atoms with E-state index in [0.717, 1.165) is 13.2 Å². The first-order valence-electron chi connectivity index (χ1n) is 5.66. The summed E-state index contributed by atoms with van der Waals surface area (Å²) in [6, 6.07) is 8.52. The van der Waals surface area contributed by atoms with Crippen LogP contribution in [0.3, 0.4) is 0 Å². The molecule has 0 bridgehead atoms. The first-order valence-corrected chi connectivity index (χ1v) is 5.66. The topological polar surface area (TPSA) is 26.2 Å². The molecule has 0 amide bonds. The minimum absolute atomic E-state index is 0.626. The number of aromatic nitrogens is 1. The monoisotopic (exact) mass is 218 g/mol. The zero-order valence-corrected chi connectivity index (χ0v) is 9.86. The van der Waals surface area contributed by atoms with Gasteiger partial charge in [-0.3, -0.25) is 0 Å². The predicted octanol–water partition coefficient (Wildman–Crippen LogP) is 2.35. The second-order valence-electron chi connectivity index (χ2n) is 3.79. The zero-order valence-electron chi connectivity index (χ0n) is 9.86. The van der Waals surface area contributed by atoms with Crippen molar-refractivity contribution in [3.05, 3.63) is 36.0 Å². The highest BCUT2D eigenvalue weighted by Gasteiger charge is 2.05. The quantitative estimate of drug-likeness (QED) is 0.833. The number of ether oxygens (including phenoxy) is 1. The Morgan fingerprint density at radius 2 is 2.19 bits per heavy atom. The van der Waals surface area contributed by atoms with Crippen LogP contribution in [0.5, 0.6) is 0 Å². The van der Waals surface area contributed by atoms with Crippen LogP contribution >= 0.6 is 0 Å². The van der Waals surface area contributed by atoms with Gasteiger partial charge in [0.25, 0.3) is 0 Å². The molecule has 0 unspecified atom stereocenters. The van der Waals surface area contributed by atoms with Crippen molar-refractivity contribution in [2.45, 2.75) is 20.2 Å². The smallest absolute Gasteiger partial charge is 0.122 e. The molecule has 0 fully saturated rings. The number of rotatable bonds is 5. The number of nitrogens with one attached hydrogen (secondary N) is 1. The third kappa shape index (κ3) is 2.10. The molecule has 1 heterocycles. The molecule has 0 spiro atoms. The van der Waals surface area contributed by atoms with Crippen LogP contribution in [-0.4, -0.2) is 18.2 Å². The Hall–Kier alpha value is -1.32. The SMILES string of the molecule is CCOCn1ccc2cccc(CNC)c21. The summed E-state index contributed by atoms with van der Waals surface area (Å²) in [4.78, 5) is 0. The van der Waals surface area contributed by atoms with Gasteiger partial charge in [-0.25, -0.2) is 0 Å². The molecule has 1 aromatic heterocycles. The van der Waals surface area contributed by atoms with Crippen LogP contribution in [0.2, 0.25) is 0 Å². The predicted molar refractivity (Wildman–Crippen MR) is 66.3 cm³/mol. The van der Waals surface area contributed by atoms with E-state index in [4.69, 9.17) is 4.74 Å². The molecule has 16 heavy (non-hydrogen) atoms. The lowest BCUT2D eigenvalue weighted by Gasteiger charge is -2.09. The van der Waals surface area contributed by atoms with Gasteiger partial charge in [-0.1, -0.05) is 18.2 Å². The first kappa shape index (κ1) is 11.2. The molecule has 0 radical (unpaired) electrons. The molecule has 86 valence electrons. The summed E-state index contributed by atoms with van der Waals surface area (Å²) >= 11 is 0. The summed E-state index contributed by atoms with van der Waals surface area (Å²) in [6.07, 6.45) is 2.08. The summed E-state index contributed by atoms with van der Waals surface area (Å²) in [6.45, 7) is 4.27. The standard InChI is InChI=1S/C13H18N2O/c1-3-16-10-15-8-7-11-5-4-6-12(9-14-2)13(11)15/h4-8,14H,3,9-10H2,1-2H3. The minimum atomic E-state index is 0.626. The number of hydrogen-bond donors (Lipinski definition) is 1. The van der Waals surface area contributed by atoms with Gasteiger partial charge >= 0.3 is 0 Å². The van der Waals surface area contributed by atoms with Crippen molar-refractivity contribution in [3.63, 3.8) is 0 Å². The van der Waals surface area contributed by atoms with E-state index in [1.165, 1.54) is 16.5 Å². The Morgan fingerprint density at radius 3 is 2.94 bits per heavy atom. The van der Waals surface area contributed by atoms with Crippen molar-refractivity contribution >= 4 is 10.9 Å². The second-order valence-corrected chi connectivity index (χ2v) is 3.79. The van der Waals surface area contributed by atoms with Gasteiger partial charge in [0, 0.05) is 19.3 Å². The lowest BCUT2D eigenvalue weighted by atomic mass is 10.1. The van der Waals surface area contributed by atoms with E-state index < -0.39 is 0 Å². The molecule has 3 heteroatoms. The number of nitrogens with zero attached hydrogens (tertiary/aromatic N) is 1. The molecule has 0 saturated carbocycles. The molecule has 1 N–H and O–H groups in total. The molecule has 0 aliphatic carbocycles. The molecular formula is C13H18N2O. The van der Waals surface area contributed by atoms with Gasteiger partial charge in [0.2, 0.25) is 0 Å². The molecule has 0 atom stereocenters. The van der Waals surface area contributed by atoms with Crippen molar-refractivity contribution in [3.8, 4) is 0 Å². The van der Waals surface area contributed by atoms with Gasteiger partial charge in [0.1, 0.15) is 6.73 Å². The molecule has 1 aromatic carbocycles. The maximum atomic E-state index is 5.46. The molecule has 2 rings (SSSR count). The van der Waals surface area contributed by atoms with Gasteiger partial charge < -0.3 is 14.6 Å². The Bertz CT molecular complexity index is 462. The summed E-state index contributed by atoms with van der Waals surface area (Å²) in [5, 5.41) is 4.47. The Kier molecular flexibility index (Phi) is 3.59. The zero-order chi connectivity index (χ0) is 11.4. The van der Waals surface area contributed by atoms with E-state index in [-0.39, 0.29) is 0 Å². The van der Waals surface area contributed by atoms with Crippen molar-refractivity contribution in [1.82, 2.24) is 9.88 Å². The maximum absolute atomic E-state index is 5.46. The third-order valence-electron chi connectivity index (χ3n) is 2.67. The van der Waals surface area contributed by atoms with Crippen molar-refractivity contribution in [1.29, 1.82) is 0 Å². The van der Waals surface area contributed by atoms with E-state index in [1.807, 2.05) is 14.0 Å². The van der Waals surface area contributed by atoms with E-state index in [1.54, 1.807) is 0 Å². The second kappa shape index (κ2) is 5.14. The van der Waals surface area contributed by atoms with Gasteiger partial charge in [0.05, 0.1) is 5.52 Å². The fraction of sp³-hybridized carbons (Fsp3) is 0.385. The van der Waals surface area contributed by atoms with Crippen LogP contribution < -0.4 is 5.32 Å².